The Morgan fingerprint density at radius 1 is 1.03 bits per heavy atom. The summed E-state index contributed by atoms with van der Waals surface area (Å²) < 4.78 is 5.56. The van der Waals surface area contributed by atoms with Crippen molar-refractivity contribution < 1.29 is 19.4 Å². The van der Waals surface area contributed by atoms with Gasteiger partial charge >= 0.3 is 12.1 Å². The van der Waals surface area contributed by atoms with Gasteiger partial charge in [-0.1, -0.05) is 6.07 Å². The molecule has 154 valence electrons. The monoisotopic (exact) mass is 398 g/mol. The average molecular weight is 398 g/mol. The summed E-state index contributed by atoms with van der Waals surface area (Å²) in [5.74, 6) is 0.629. The standard InChI is InChI=1S/C21H26N4O4/c1-3-29-19-9-4-15(2)14-18(19)23-20(26)22-16-5-7-17(8-6-16)24-10-12-25(13-11-24)21(27)28/h4-9,14H,3,10-13H2,1-2H3,(H,27,28)(H2,22,23,26). The number of anilines is 3. The lowest BCUT2D eigenvalue weighted by Gasteiger charge is -2.34. The van der Waals surface area contributed by atoms with E-state index in [0.29, 0.717) is 49.9 Å². The minimum Gasteiger partial charge on any atom is -0.492 e. The van der Waals surface area contributed by atoms with Gasteiger partial charge in [0.2, 0.25) is 0 Å². The molecule has 29 heavy (non-hydrogen) atoms. The van der Waals surface area contributed by atoms with Crippen molar-refractivity contribution in [3.8, 4) is 5.75 Å². The fraction of sp³-hybridized carbons (Fsp3) is 0.333. The lowest BCUT2D eigenvalue weighted by Crippen LogP contribution is -2.48. The maximum absolute atomic E-state index is 12.4. The van der Waals surface area contributed by atoms with Gasteiger partial charge in [-0.2, -0.15) is 0 Å². The zero-order valence-corrected chi connectivity index (χ0v) is 16.6. The van der Waals surface area contributed by atoms with Crippen molar-refractivity contribution >= 4 is 29.2 Å². The van der Waals surface area contributed by atoms with Crippen LogP contribution in [0.2, 0.25) is 0 Å². The molecule has 1 heterocycles. The van der Waals surface area contributed by atoms with Crippen molar-refractivity contribution in [2.45, 2.75) is 13.8 Å². The van der Waals surface area contributed by atoms with Crippen LogP contribution in [0, 0.1) is 6.92 Å². The first kappa shape index (κ1) is 20.3. The Hall–Kier alpha value is -3.42. The van der Waals surface area contributed by atoms with Gasteiger partial charge in [0.1, 0.15) is 5.75 Å². The zero-order valence-electron chi connectivity index (χ0n) is 16.6. The van der Waals surface area contributed by atoms with Crippen LogP contribution >= 0.6 is 0 Å². The van der Waals surface area contributed by atoms with Gasteiger partial charge in [0.15, 0.2) is 0 Å². The number of amides is 3. The molecule has 0 saturated carbocycles. The summed E-state index contributed by atoms with van der Waals surface area (Å²) in [7, 11) is 0. The maximum atomic E-state index is 12.4. The van der Waals surface area contributed by atoms with Crippen molar-refractivity contribution in [3.05, 3.63) is 48.0 Å². The second kappa shape index (κ2) is 9.18. The number of carbonyl (C=O) groups excluding carboxylic acids is 1. The zero-order chi connectivity index (χ0) is 20.8. The molecule has 1 aliphatic rings. The third kappa shape index (κ3) is 5.31. The van der Waals surface area contributed by atoms with E-state index < -0.39 is 6.09 Å². The van der Waals surface area contributed by atoms with Gasteiger partial charge in [0.05, 0.1) is 12.3 Å². The molecular weight excluding hydrogens is 372 g/mol. The molecule has 1 aliphatic heterocycles. The summed E-state index contributed by atoms with van der Waals surface area (Å²) in [5, 5.41) is 14.7. The van der Waals surface area contributed by atoms with Crippen molar-refractivity contribution in [2.75, 3.05) is 48.3 Å². The third-order valence-electron chi connectivity index (χ3n) is 4.72. The van der Waals surface area contributed by atoms with E-state index in [2.05, 4.69) is 15.5 Å². The summed E-state index contributed by atoms with van der Waals surface area (Å²) >= 11 is 0. The fourth-order valence-corrected chi connectivity index (χ4v) is 3.22. The third-order valence-corrected chi connectivity index (χ3v) is 4.72. The lowest BCUT2D eigenvalue weighted by molar-refractivity contribution is 0.142. The van der Waals surface area contributed by atoms with Gasteiger partial charge in [0, 0.05) is 37.6 Å². The summed E-state index contributed by atoms with van der Waals surface area (Å²) in [6.45, 7) is 6.62. The maximum Gasteiger partial charge on any atom is 0.407 e. The first-order valence-corrected chi connectivity index (χ1v) is 9.60. The Morgan fingerprint density at radius 3 is 2.34 bits per heavy atom. The number of rotatable bonds is 5. The number of carbonyl (C=O) groups is 2. The first-order chi connectivity index (χ1) is 14.0. The van der Waals surface area contributed by atoms with Crippen molar-refractivity contribution in [2.24, 2.45) is 0 Å². The van der Waals surface area contributed by atoms with E-state index in [1.807, 2.05) is 56.3 Å². The average Bonchev–Trinajstić information content (AvgIpc) is 2.71. The molecule has 3 N–H and O–H groups in total. The van der Waals surface area contributed by atoms with Crippen LogP contribution in [0.25, 0.3) is 0 Å². The number of urea groups is 1. The first-order valence-electron chi connectivity index (χ1n) is 9.60. The normalized spacial score (nSPS) is 13.7. The van der Waals surface area contributed by atoms with Gasteiger partial charge in [-0.3, -0.25) is 0 Å². The lowest BCUT2D eigenvalue weighted by atomic mass is 10.2. The molecule has 0 atom stereocenters. The Bertz CT molecular complexity index is 861. The molecule has 2 aromatic rings. The highest BCUT2D eigenvalue weighted by Gasteiger charge is 2.20. The number of ether oxygens (including phenoxy) is 1. The highest BCUT2D eigenvalue weighted by molar-refractivity contribution is 6.00. The smallest absolute Gasteiger partial charge is 0.407 e. The molecule has 8 nitrogen and oxygen atoms in total. The number of nitrogens with zero attached hydrogens (tertiary/aromatic N) is 2. The molecule has 1 saturated heterocycles. The number of carboxylic acid groups (broad SMARTS) is 1. The number of hydrogen-bond donors (Lipinski definition) is 3. The largest absolute Gasteiger partial charge is 0.492 e. The van der Waals surface area contributed by atoms with Gasteiger partial charge in [0.25, 0.3) is 0 Å². The van der Waals surface area contributed by atoms with Gasteiger partial charge in [-0.25, -0.2) is 9.59 Å². The van der Waals surface area contributed by atoms with Crippen LogP contribution in [-0.4, -0.2) is 54.9 Å². The second-order valence-electron chi connectivity index (χ2n) is 6.82. The molecule has 3 amide bonds. The van der Waals surface area contributed by atoms with Crippen molar-refractivity contribution in [1.82, 2.24) is 4.90 Å². The minimum atomic E-state index is -0.878. The van der Waals surface area contributed by atoms with E-state index in [1.54, 1.807) is 0 Å². The van der Waals surface area contributed by atoms with Crippen LogP contribution in [0.5, 0.6) is 5.75 Å². The quantitative estimate of drug-likeness (QED) is 0.711. The molecule has 0 aliphatic carbocycles. The topological polar surface area (TPSA) is 94.1 Å². The van der Waals surface area contributed by atoms with Crippen LogP contribution in [0.15, 0.2) is 42.5 Å². The van der Waals surface area contributed by atoms with Crippen LogP contribution in [-0.2, 0) is 0 Å². The van der Waals surface area contributed by atoms with Crippen LogP contribution in [0.3, 0.4) is 0 Å². The molecule has 8 heteroatoms. The number of nitrogens with one attached hydrogen (secondary N) is 2. The van der Waals surface area contributed by atoms with Gasteiger partial charge in [-0.05, 0) is 55.8 Å². The Kier molecular flexibility index (Phi) is 6.43. The summed E-state index contributed by atoms with van der Waals surface area (Å²) in [5.41, 5.74) is 3.31. The molecule has 0 radical (unpaired) electrons. The Morgan fingerprint density at radius 2 is 1.72 bits per heavy atom. The highest BCUT2D eigenvalue weighted by Crippen LogP contribution is 2.26. The van der Waals surface area contributed by atoms with Gasteiger partial charge < -0.3 is 30.3 Å². The van der Waals surface area contributed by atoms with E-state index in [0.717, 1.165) is 11.3 Å². The molecule has 0 unspecified atom stereocenters. The van der Waals surface area contributed by atoms with E-state index in [4.69, 9.17) is 9.84 Å². The van der Waals surface area contributed by atoms with Crippen molar-refractivity contribution in [3.63, 3.8) is 0 Å². The van der Waals surface area contributed by atoms with E-state index in [-0.39, 0.29) is 6.03 Å². The number of piperazine rings is 1. The van der Waals surface area contributed by atoms with Crippen molar-refractivity contribution in [1.29, 1.82) is 0 Å². The Labute approximate surface area is 170 Å². The molecular formula is C21H26N4O4. The molecule has 0 aromatic heterocycles. The molecule has 0 bridgehead atoms. The summed E-state index contributed by atoms with van der Waals surface area (Å²) in [4.78, 5) is 26.9. The minimum absolute atomic E-state index is 0.348. The second-order valence-corrected chi connectivity index (χ2v) is 6.82. The summed E-state index contributed by atoms with van der Waals surface area (Å²) in [6, 6.07) is 12.8. The fourth-order valence-electron chi connectivity index (χ4n) is 3.22. The SMILES string of the molecule is CCOc1ccc(C)cc1NC(=O)Nc1ccc(N2CCN(C(=O)O)CC2)cc1. The summed E-state index contributed by atoms with van der Waals surface area (Å²) in [6.07, 6.45) is -0.878. The van der Waals surface area contributed by atoms with E-state index >= 15 is 0 Å². The van der Waals surface area contributed by atoms with E-state index in [1.165, 1.54) is 4.90 Å². The van der Waals surface area contributed by atoms with Crippen LogP contribution in [0.1, 0.15) is 12.5 Å². The highest BCUT2D eigenvalue weighted by atomic mass is 16.5. The number of benzene rings is 2. The molecule has 2 aromatic carbocycles. The predicted octanol–water partition coefficient (Wildman–Crippen LogP) is 3.84. The van der Waals surface area contributed by atoms with Crippen LogP contribution in [0.4, 0.5) is 26.7 Å². The number of aryl methyl sites for hydroxylation is 1. The van der Waals surface area contributed by atoms with E-state index in [9.17, 15) is 9.59 Å². The molecule has 1 fully saturated rings. The number of hydrogen-bond acceptors (Lipinski definition) is 4. The molecule has 0 spiro atoms. The van der Waals surface area contributed by atoms with Gasteiger partial charge in [-0.15, -0.1) is 0 Å². The Balaban J connectivity index is 1.58. The predicted molar refractivity (Wildman–Crippen MR) is 113 cm³/mol. The molecule has 3 rings (SSSR count). The van der Waals surface area contributed by atoms with Crippen LogP contribution < -0.4 is 20.3 Å².